The molecule has 0 saturated carbocycles. The Morgan fingerprint density at radius 3 is 2.56 bits per heavy atom. The van der Waals surface area contributed by atoms with Crippen molar-refractivity contribution in [3.63, 3.8) is 0 Å². The fourth-order valence-corrected chi connectivity index (χ4v) is 3.77. The van der Waals surface area contributed by atoms with E-state index in [0.29, 0.717) is 31.6 Å². The average molecular weight is 444 g/mol. The third-order valence-corrected chi connectivity index (χ3v) is 5.57. The molecule has 1 aliphatic rings. The number of halogens is 3. The lowest BCUT2D eigenvalue weighted by Gasteiger charge is -2.23. The molecular weight excluding hydrogens is 421 g/mol. The molecule has 0 saturated heterocycles. The first-order valence-electron chi connectivity index (χ1n) is 10.4. The Bertz CT molecular complexity index is 1040. The Morgan fingerprint density at radius 1 is 1.09 bits per heavy atom. The van der Waals surface area contributed by atoms with E-state index in [4.69, 9.17) is 4.74 Å². The number of fused-ring (bicyclic) bond motifs is 1. The molecule has 3 aromatic rings. The average Bonchev–Trinajstić information content (AvgIpc) is 3.22. The van der Waals surface area contributed by atoms with Gasteiger partial charge in [-0.2, -0.15) is 13.2 Å². The van der Waals surface area contributed by atoms with Crippen LogP contribution in [0.5, 0.6) is 0 Å². The highest BCUT2D eigenvalue weighted by Gasteiger charge is 2.30. The normalized spacial score (nSPS) is 20.2. The maximum Gasteiger partial charge on any atom is 0.416 e. The van der Waals surface area contributed by atoms with E-state index >= 15 is 0 Å². The Labute approximate surface area is 183 Å². The Balaban J connectivity index is 1.57. The quantitative estimate of drug-likeness (QED) is 0.665. The summed E-state index contributed by atoms with van der Waals surface area (Å²) in [6.07, 6.45) is -1.98. The second-order valence-electron chi connectivity index (χ2n) is 7.82. The number of aryl methyl sites for hydroxylation is 1. The number of hydrogen-bond acceptors (Lipinski definition) is 4. The number of aromatic nitrogens is 3. The van der Waals surface area contributed by atoms with Gasteiger partial charge in [0.15, 0.2) is 0 Å². The number of ether oxygens (including phenoxy) is 1. The van der Waals surface area contributed by atoms with Crippen LogP contribution < -0.4 is 5.32 Å². The van der Waals surface area contributed by atoms with Crippen molar-refractivity contribution in [3.05, 3.63) is 83.2 Å². The minimum Gasteiger partial charge on any atom is -0.373 e. The van der Waals surface area contributed by atoms with E-state index in [-0.39, 0.29) is 18.6 Å². The third kappa shape index (κ3) is 5.34. The first-order valence-corrected chi connectivity index (χ1v) is 10.4. The molecule has 1 aromatic heterocycles. The molecule has 1 amide bonds. The van der Waals surface area contributed by atoms with Crippen molar-refractivity contribution in [2.75, 3.05) is 6.61 Å². The van der Waals surface area contributed by atoms with Crippen LogP contribution >= 0.6 is 0 Å². The molecule has 0 radical (unpaired) electrons. The van der Waals surface area contributed by atoms with Crippen molar-refractivity contribution in [2.45, 2.75) is 38.2 Å². The summed E-state index contributed by atoms with van der Waals surface area (Å²) in [7, 11) is 0. The topological polar surface area (TPSA) is 69.0 Å². The largest absolute Gasteiger partial charge is 0.416 e. The van der Waals surface area contributed by atoms with Gasteiger partial charge >= 0.3 is 6.18 Å². The summed E-state index contributed by atoms with van der Waals surface area (Å²) in [5, 5.41) is 11.1. The number of rotatable bonds is 3. The molecule has 6 nitrogen and oxygen atoms in total. The van der Waals surface area contributed by atoms with E-state index in [1.165, 1.54) is 12.1 Å². The molecule has 0 aliphatic carbocycles. The first kappa shape index (κ1) is 22.0. The minimum absolute atomic E-state index is 0.175. The third-order valence-electron chi connectivity index (χ3n) is 5.57. The van der Waals surface area contributed by atoms with Crippen molar-refractivity contribution in [1.29, 1.82) is 0 Å². The van der Waals surface area contributed by atoms with Gasteiger partial charge in [-0.1, -0.05) is 47.7 Å². The molecular formula is C23H23F3N4O2. The molecule has 9 heteroatoms. The predicted octanol–water partition coefficient (Wildman–Crippen LogP) is 3.93. The number of alkyl halides is 3. The zero-order chi connectivity index (χ0) is 22.6. The fourth-order valence-electron chi connectivity index (χ4n) is 3.77. The number of carbonyl (C=O) groups is 1. The molecule has 2 aromatic carbocycles. The maximum atomic E-state index is 13.2. The maximum absolute atomic E-state index is 13.2. The highest BCUT2D eigenvalue weighted by atomic mass is 19.4. The van der Waals surface area contributed by atoms with Crippen LogP contribution in [-0.2, 0) is 35.3 Å². The van der Waals surface area contributed by atoms with Crippen LogP contribution in [0.4, 0.5) is 13.2 Å². The summed E-state index contributed by atoms with van der Waals surface area (Å²) >= 11 is 0. The van der Waals surface area contributed by atoms with Crippen LogP contribution in [0.1, 0.15) is 34.8 Å². The van der Waals surface area contributed by atoms with Crippen LogP contribution in [-0.4, -0.2) is 27.5 Å². The first-order chi connectivity index (χ1) is 15.4. The highest BCUT2D eigenvalue weighted by molar-refractivity contribution is 5.79. The van der Waals surface area contributed by atoms with E-state index in [1.54, 1.807) is 10.9 Å². The van der Waals surface area contributed by atoms with E-state index < -0.39 is 17.7 Å². The van der Waals surface area contributed by atoms with Gasteiger partial charge in [-0.25, -0.2) is 4.68 Å². The van der Waals surface area contributed by atoms with Crippen molar-refractivity contribution in [1.82, 2.24) is 20.3 Å². The molecule has 2 heterocycles. The van der Waals surface area contributed by atoms with Gasteiger partial charge in [0, 0.05) is 12.5 Å². The number of amides is 1. The van der Waals surface area contributed by atoms with Gasteiger partial charge in [0.2, 0.25) is 5.91 Å². The van der Waals surface area contributed by atoms with Gasteiger partial charge in [-0.3, -0.25) is 4.79 Å². The molecule has 0 fully saturated rings. The van der Waals surface area contributed by atoms with E-state index in [2.05, 4.69) is 15.6 Å². The van der Waals surface area contributed by atoms with Crippen molar-refractivity contribution in [3.8, 4) is 0 Å². The van der Waals surface area contributed by atoms with Gasteiger partial charge < -0.3 is 10.1 Å². The summed E-state index contributed by atoms with van der Waals surface area (Å²) in [5.74, 6) is -0.626. The minimum atomic E-state index is -4.39. The second-order valence-corrected chi connectivity index (χ2v) is 7.82. The molecule has 1 aliphatic heterocycles. The lowest BCUT2D eigenvalue weighted by Crippen LogP contribution is -2.37. The van der Waals surface area contributed by atoms with Crippen LogP contribution in [0.15, 0.2) is 60.8 Å². The lowest BCUT2D eigenvalue weighted by atomic mass is 9.94. The van der Waals surface area contributed by atoms with Crippen molar-refractivity contribution in [2.24, 2.45) is 5.92 Å². The van der Waals surface area contributed by atoms with Gasteiger partial charge in [0.1, 0.15) is 0 Å². The van der Waals surface area contributed by atoms with Crippen molar-refractivity contribution >= 4 is 5.91 Å². The smallest absolute Gasteiger partial charge is 0.373 e. The van der Waals surface area contributed by atoms with Crippen LogP contribution in [0.2, 0.25) is 0 Å². The Hall–Kier alpha value is -3.20. The number of carbonyl (C=O) groups excluding carboxylic acids is 1. The van der Waals surface area contributed by atoms with Gasteiger partial charge in [0.05, 0.1) is 36.7 Å². The van der Waals surface area contributed by atoms with Gasteiger partial charge in [0.25, 0.3) is 0 Å². The number of nitrogens with zero attached hydrogens (tertiary/aromatic N) is 3. The molecule has 0 spiro atoms. The van der Waals surface area contributed by atoms with E-state index in [9.17, 15) is 18.0 Å². The highest BCUT2D eigenvalue weighted by Crippen LogP contribution is 2.29. The van der Waals surface area contributed by atoms with Gasteiger partial charge in [-0.05, 0) is 36.1 Å². The zero-order valence-electron chi connectivity index (χ0n) is 17.3. The summed E-state index contributed by atoms with van der Waals surface area (Å²) < 4.78 is 46.2. The van der Waals surface area contributed by atoms with Gasteiger partial charge in [-0.15, -0.1) is 5.10 Å². The summed E-state index contributed by atoms with van der Waals surface area (Å²) in [6.45, 7) is 1.04. The molecule has 0 unspecified atom stereocenters. The summed E-state index contributed by atoms with van der Waals surface area (Å²) in [4.78, 5) is 13.2. The molecule has 4 rings (SSSR count). The van der Waals surface area contributed by atoms with Crippen LogP contribution in [0.3, 0.4) is 0 Å². The Morgan fingerprint density at radius 2 is 1.84 bits per heavy atom. The molecule has 2 atom stereocenters. The standard InChI is InChI=1S/C23H23F3N4O2/c24-23(25,26)19-8-6-16(7-9-19)12-18-10-11-30-20(13-27-29-30)14-32-15-21(28-22(18)31)17-4-2-1-3-5-17/h1-9,13,18,21H,10-12,14-15H2,(H,28,31)/t18-,21+/m0/s1. The number of benzene rings is 2. The second kappa shape index (κ2) is 9.52. The summed E-state index contributed by atoms with van der Waals surface area (Å²) in [5.41, 5.74) is 1.68. The Kier molecular flexibility index (Phi) is 6.55. The summed E-state index contributed by atoms with van der Waals surface area (Å²) in [6, 6.07) is 14.1. The molecule has 168 valence electrons. The van der Waals surface area contributed by atoms with Crippen molar-refractivity contribution < 1.29 is 22.7 Å². The van der Waals surface area contributed by atoms with Crippen LogP contribution in [0, 0.1) is 5.92 Å². The molecule has 32 heavy (non-hydrogen) atoms. The SMILES string of the molecule is O=C1N[C@@H](c2ccccc2)COCc2cnnn2CC[C@H]1Cc1ccc(C(F)(F)F)cc1. The predicted molar refractivity (Wildman–Crippen MR) is 110 cm³/mol. The van der Waals surface area contributed by atoms with E-state index in [0.717, 1.165) is 23.4 Å². The van der Waals surface area contributed by atoms with E-state index in [1.807, 2.05) is 30.3 Å². The monoisotopic (exact) mass is 444 g/mol. The molecule has 0 bridgehead atoms. The fraction of sp³-hybridized carbons (Fsp3) is 0.348. The number of hydrogen-bond donors (Lipinski definition) is 1. The number of nitrogens with one attached hydrogen (secondary N) is 1. The van der Waals surface area contributed by atoms with Crippen LogP contribution in [0.25, 0.3) is 0 Å². The lowest BCUT2D eigenvalue weighted by molar-refractivity contribution is -0.137. The molecule has 1 N–H and O–H groups in total. The zero-order valence-corrected chi connectivity index (χ0v) is 17.3.